The third-order valence-corrected chi connectivity index (χ3v) is 4.39. The van der Waals surface area contributed by atoms with Crippen molar-refractivity contribution in [1.82, 2.24) is 14.8 Å². The minimum absolute atomic E-state index is 0.0212. The van der Waals surface area contributed by atoms with Crippen LogP contribution in [0.15, 0.2) is 34.1 Å². The lowest BCUT2D eigenvalue weighted by Crippen LogP contribution is -2.01. The molecule has 0 fully saturated rings. The van der Waals surface area contributed by atoms with Gasteiger partial charge in [0.25, 0.3) is 0 Å². The van der Waals surface area contributed by atoms with Crippen molar-refractivity contribution in [1.29, 1.82) is 0 Å². The molecule has 3 nitrogen and oxygen atoms in total. The molecule has 2 aromatic heterocycles. The zero-order valence-electron chi connectivity index (χ0n) is 9.73. The Bertz CT molecular complexity index is 824. The van der Waals surface area contributed by atoms with Gasteiger partial charge in [-0.25, -0.2) is 8.78 Å². The number of aromatic amines is 1. The van der Waals surface area contributed by atoms with E-state index in [1.165, 1.54) is 15.9 Å². The molecule has 8 heteroatoms. The lowest BCUT2D eigenvalue weighted by atomic mass is 10.3. The van der Waals surface area contributed by atoms with Gasteiger partial charge in [0.1, 0.15) is 11.6 Å². The van der Waals surface area contributed by atoms with Gasteiger partial charge in [-0.2, -0.15) is 5.10 Å². The van der Waals surface area contributed by atoms with Crippen LogP contribution in [-0.2, 0) is 0 Å². The number of hydrogen-bond acceptors (Lipinski definition) is 3. The van der Waals surface area contributed by atoms with Crippen LogP contribution in [0.2, 0.25) is 0 Å². The van der Waals surface area contributed by atoms with E-state index in [1.54, 1.807) is 0 Å². The molecule has 0 unspecified atom stereocenters. The third kappa shape index (κ3) is 2.23. The van der Waals surface area contributed by atoms with E-state index in [2.05, 4.69) is 26.1 Å². The zero-order chi connectivity index (χ0) is 14.3. The topological polar surface area (TPSA) is 33.6 Å². The minimum atomic E-state index is -0.589. The van der Waals surface area contributed by atoms with Crippen LogP contribution in [0.5, 0.6) is 0 Å². The van der Waals surface area contributed by atoms with E-state index in [9.17, 15) is 8.78 Å². The Hall–Kier alpha value is -1.38. The van der Waals surface area contributed by atoms with Gasteiger partial charge in [0.15, 0.2) is 10.6 Å². The third-order valence-electron chi connectivity index (χ3n) is 2.64. The van der Waals surface area contributed by atoms with Crippen molar-refractivity contribution in [3.8, 4) is 16.4 Å². The molecular weight excluding hydrogens is 368 g/mol. The van der Waals surface area contributed by atoms with Crippen molar-refractivity contribution in [2.75, 3.05) is 0 Å². The molecule has 3 rings (SSSR count). The molecule has 0 atom stereocenters. The zero-order valence-corrected chi connectivity index (χ0v) is 13.0. The first-order chi connectivity index (χ1) is 9.58. The van der Waals surface area contributed by atoms with Gasteiger partial charge < -0.3 is 0 Å². The first-order valence-corrected chi connectivity index (χ1v) is 7.52. The number of nitrogens with zero attached hydrogens (tertiary/aromatic N) is 2. The Morgan fingerprint density at radius 2 is 2.10 bits per heavy atom. The molecule has 0 saturated heterocycles. The quantitative estimate of drug-likeness (QED) is 0.521. The second-order valence-corrected chi connectivity index (χ2v) is 6.07. The van der Waals surface area contributed by atoms with Crippen molar-refractivity contribution < 1.29 is 8.78 Å². The average molecular weight is 374 g/mol. The van der Waals surface area contributed by atoms with Crippen LogP contribution in [0, 0.1) is 16.4 Å². The molecule has 0 aliphatic heterocycles. The lowest BCUT2D eigenvalue weighted by Gasteiger charge is -2.08. The summed E-state index contributed by atoms with van der Waals surface area (Å²) in [6.07, 6.45) is 0. The van der Waals surface area contributed by atoms with Gasteiger partial charge in [-0.05, 0) is 45.7 Å². The fourth-order valence-corrected chi connectivity index (χ4v) is 3.02. The maximum absolute atomic E-state index is 14.1. The summed E-state index contributed by atoms with van der Waals surface area (Å²) in [6, 6.07) is 5.83. The van der Waals surface area contributed by atoms with Crippen molar-refractivity contribution in [2.45, 2.75) is 0 Å². The van der Waals surface area contributed by atoms with Gasteiger partial charge in [-0.3, -0.25) is 9.67 Å². The summed E-state index contributed by atoms with van der Waals surface area (Å²) in [4.78, 5) is 0.806. The van der Waals surface area contributed by atoms with Crippen LogP contribution in [0.25, 0.3) is 16.4 Å². The molecular formula is C12H6BrF2N3S2. The van der Waals surface area contributed by atoms with Gasteiger partial charge >= 0.3 is 0 Å². The SMILES string of the molecule is Fc1cc(-n2c(-c3cccs3)n[nH]c2=S)c(F)cc1Br. The summed E-state index contributed by atoms with van der Waals surface area (Å²) in [5.41, 5.74) is 0.0212. The van der Waals surface area contributed by atoms with Crippen LogP contribution in [0.4, 0.5) is 8.78 Å². The highest BCUT2D eigenvalue weighted by molar-refractivity contribution is 9.10. The summed E-state index contributed by atoms with van der Waals surface area (Å²) in [7, 11) is 0. The van der Waals surface area contributed by atoms with Crippen LogP contribution >= 0.6 is 39.5 Å². The Morgan fingerprint density at radius 3 is 2.80 bits per heavy atom. The summed E-state index contributed by atoms with van der Waals surface area (Å²) in [6.45, 7) is 0. The molecule has 20 heavy (non-hydrogen) atoms. The Kier molecular flexibility index (Phi) is 3.53. The van der Waals surface area contributed by atoms with E-state index in [0.717, 1.165) is 17.0 Å². The van der Waals surface area contributed by atoms with E-state index in [1.807, 2.05) is 17.5 Å². The number of rotatable bonds is 2. The normalized spacial score (nSPS) is 10.9. The highest BCUT2D eigenvalue weighted by atomic mass is 79.9. The van der Waals surface area contributed by atoms with Gasteiger partial charge in [-0.1, -0.05) is 6.07 Å². The van der Waals surface area contributed by atoms with Crippen molar-refractivity contribution >= 4 is 39.5 Å². The summed E-state index contributed by atoms with van der Waals surface area (Å²) in [5, 5.41) is 8.56. The molecule has 0 amide bonds. The summed E-state index contributed by atoms with van der Waals surface area (Å²) in [5.74, 6) is -0.708. The Morgan fingerprint density at radius 1 is 1.30 bits per heavy atom. The molecule has 1 N–H and O–H groups in total. The smallest absolute Gasteiger partial charge is 0.200 e. The van der Waals surface area contributed by atoms with Gasteiger partial charge in [0.05, 0.1) is 15.0 Å². The van der Waals surface area contributed by atoms with Crippen LogP contribution in [0.1, 0.15) is 0 Å². The van der Waals surface area contributed by atoms with Crippen LogP contribution < -0.4 is 0 Å². The standard InChI is InChI=1S/C12H6BrF2N3S2/c13-6-4-8(15)9(5-7(6)14)18-11(16-17-12(18)19)10-2-1-3-20-10/h1-5H,(H,17,19). The maximum atomic E-state index is 14.1. The molecule has 0 spiro atoms. The predicted octanol–water partition coefficient (Wildman–Crippen LogP) is 4.70. The van der Waals surface area contributed by atoms with E-state index in [-0.39, 0.29) is 14.9 Å². The lowest BCUT2D eigenvalue weighted by molar-refractivity contribution is 0.587. The molecule has 0 bridgehead atoms. The average Bonchev–Trinajstić information content (AvgIpc) is 3.03. The molecule has 2 heterocycles. The predicted molar refractivity (Wildman–Crippen MR) is 79.7 cm³/mol. The molecule has 1 aromatic carbocycles. The van der Waals surface area contributed by atoms with Crippen LogP contribution in [0.3, 0.4) is 0 Å². The highest BCUT2D eigenvalue weighted by Crippen LogP contribution is 2.28. The Balaban J connectivity index is 2.28. The van der Waals surface area contributed by atoms with Gasteiger partial charge in [0.2, 0.25) is 0 Å². The Labute approximate surface area is 130 Å². The first-order valence-electron chi connectivity index (χ1n) is 5.44. The second kappa shape index (κ2) is 5.19. The van der Waals surface area contributed by atoms with Gasteiger partial charge in [0, 0.05) is 6.07 Å². The number of aromatic nitrogens is 3. The molecule has 102 valence electrons. The minimum Gasteiger partial charge on any atom is -0.264 e. The number of thiophene rings is 1. The monoisotopic (exact) mass is 373 g/mol. The van der Waals surface area contributed by atoms with Crippen molar-refractivity contribution in [3.05, 3.63) is 50.5 Å². The molecule has 0 aliphatic carbocycles. The summed E-state index contributed by atoms with van der Waals surface area (Å²) >= 11 is 9.50. The molecule has 0 radical (unpaired) electrons. The van der Waals surface area contributed by atoms with E-state index < -0.39 is 11.6 Å². The van der Waals surface area contributed by atoms with Crippen molar-refractivity contribution in [2.24, 2.45) is 0 Å². The molecule has 0 saturated carbocycles. The number of nitrogens with one attached hydrogen (secondary N) is 1. The molecule has 3 aromatic rings. The number of benzene rings is 1. The fourth-order valence-electron chi connectivity index (χ4n) is 1.77. The van der Waals surface area contributed by atoms with E-state index in [0.29, 0.717) is 5.82 Å². The largest absolute Gasteiger partial charge is 0.264 e. The maximum Gasteiger partial charge on any atom is 0.200 e. The van der Waals surface area contributed by atoms with Crippen LogP contribution in [-0.4, -0.2) is 14.8 Å². The summed E-state index contributed by atoms with van der Waals surface area (Å²) < 4.78 is 29.4. The van der Waals surface area contributed by atoms with E-state index in [4.69, 9.17) is 12.2 Å². The highest BCUT2D eigenvalue weighted by Gasteiger charge is 2.17. The fraction of sp³-hybridized carbons (Fsp3) is 0. The number of halogens is 3. The molecule has 0 aliphatic rings. The number of H-pyrrole nitrogens is 1. The number of hydrogen-bond donors (Lipinski definition) is 1. The van der Waals surface area contributed by atoms with Gasteiger partial charge in [-0.15, -0.1) is 11.3 Å². The van der Waals surface area contributed by atoms with Crippen molar-refractivity contribution in [3.63, 3.8) is 0 Å². The first kappa shape index (κ1) is 13.6. The second-order valence-electron chi connectivity index (χ2n) is 3.88. The van der Waals surface area contributed by atoms with E-state index >= 15 is 0 Å².